The minimum absolute atomic E-state index is 0. The first-order valence-corrected chi connectivity index (χ1v) is 6.89. The Bertz CT molecular complexity index is 443. The van der Waals surface area contributed by atoms with E-state index in [1.54, 1.807) is 7.11 Å². The smallest absolute Gasteiger partial charge is 0.184 e. The Balaban J connectivity index is 0.00000161. The van der Waals surface area contributed by atoms with Gasteiger partial charge in [0.25, 0.3) is 0 Å². The third-order valence-corrected chi connectivity index (χ3v) is 3.93. The molecule has 6 heteroatoms. The van der Waals surface area contributed by atoms with Crippen molar-refractivity contribution in [1.29, 1.82) is 0 Å². The fourth-order valence-electron chi connectivity index (χ4n) is 2.83. The van der Waals surface area contributed by atoms with Crippen LogP contribution < -0.4 is 0 Å². The molecule has 0 aliphatic carbocycles. The number of hydrogen-bond donors (Lipinski definition) is 1. The van der Waals surface area contributed by atoms with Gasteiger partial charge in [-0.25, -0.2) is 0 Å². The number of ether oxygens (including phenoxy) is 4. The van der Waals surface area contributed by atoms with Crippen LogP contribution in [0.15, 0.2) is 30.3 Å². The molecule has 0 aromatic heterocycles. The molecule has 3 rings (SSSR count). The Hall–Kier alpha value is 0.462. The first-order valence-electron chi connectivity index (χ1n) is 6.89. The van der Waals surface area contributed by atoms with Crippen molar-refractivity contribution in [2.24, 2.45) is 0 Å². The number of hydrogen-bond acceptors (Lipinski definition) is 5. The maximum absolute atomic E-state index is 10.2. The van der Waals surface area contributed by atoms with Gasteiger partial charge in [-0.2, -0.15) is 0 Å². The van der Waals surface area contributed by atoms with Crippen molar-refractivity contribution < 1.29 is 68.1 Å². The molecule has 6 atom stereocenters. The molecule has 2 saturated heterocycles. The summed E-state index contributed by atoms with van der Waals surface area (Å²) in [5.41, 5.74) is 0.953. The summed E-state index contributed by atoms with van der Waals surface area (Å²) >= 11 is 0. The van der Waals surface area contributed by atoms with Crippen molar-refractivity contribution in [3.63, 3.8) is 0 Å². The van der Waals surface area contributed by atoms with Gasteiger partial charge in [0.1, 0.15) is 24.4 Å². The first-order chi connectivity index (χ1) is 9.70. The van der Waals surface area contributed by atoms with Gasteiger partial charge in [-0.05, 0) is 6.92 Å². The molecule has 1 aromatic carbocycles. The van der Waals surface area contributed by atoms with Crippen molar-refractivity contribution in [2.75, 3.05) is 13.7 Å². The zero-order valence-corrected chi connectivity index (χ0v) is 17.0. The molecule has 2 aliphatic heterocycles. The van der Waals surface area contributed by atoms with Crippen LogP contribution in [0.4, 0.5) is 0 Å². The second-order valence-corrected chi connectivity index (χ2v) is 5.25. The van der Waals surface area contributed by atoms with Gasteiger partial charge in [-0.3, -0.25) is 0 Å². The Morgan fingerprint density at radius 1 is 1.19 bits per heavy atom. The number of aliphatic hydroxyl groups excluding tert-OH is 1. The third kappa shape index (κ3) is 3.69. The number of rotatable bonds is 2. The number of methoxy groups -OCH3 is 1. The molecule has 0 spiro atoms. The second-order valence-electron chi connectivity index (χ2n) is 5.25. The minimum Gasteiger partial charge on any atom is -0.388 e. The van der Waals surface area contributed by atoms with Gasteiger partial charge in [0.05, 0.1) is 12.7 Å². The molecule has 0 amide bonds. The molecule has 21 heavy (non-hydrogen) atoms. The van der Waals surface area contributed by atoms with E-state index in [0.717, 1.165) is 5.56 Å². The Morgan fingerprint density at radius 3 is 2.57 bits per heavy atom. The summed E-state index contributed by atoms with van der Waals surface area (Å²) in [6.45, 7) is 2.26. The zero-order valence-electron chi connectivity index (χ0n) is 12.2. The van der Waals surface area contributed by atoms with Crippen LogP contribution in [0.1, 0.15) is 18.8 Å². The third-order valence-electron chi connectivity index (χ3n) is 3.93. The first kappa shape index (κ1) is 17.8. The van der Waals surface area contributed by atoms with Gasteiger partial charge < -0.3 is 24.1 Å². The van der Waals surface area contributed by atoms with E-state index in [-0.39, 0.29) is 62.4 Å². The Labute approximate surface area is 160 Å². The van der Waals surface area contributed by atoms with Gasteiger partial charge >= 0.3 is 0 Å². The quantitative estimate of drug-likeness (QED) is 0.654. The molecule has 1 aromatic rings. The van der Waals surface area contributed by atoms with E-state index >= 15 is 0 Å². The van der Waals surface area contributed by atoms with Crippen LogP contribution in [0.2, 0.25) is 0 Å². The maximum Gasteiger partial charge on any atom is 0.184 e. The van der Waals surface area contributed by atoms with Crippen molar-refractivity contribution in [2.45, 2.75) is 43.7 Å². The predicted octanol–water partition coefficient (Wildman–Crippen LogP) is 1.26. The van der Waals surface area contributed by atoms with Crippen molar-refractivity contribution >= 4 is 0 Å². The van der Waals surface area contributed by atoms with Gasteiger partial charge in [-0.1, -0.05) is 30.3 Å². The van der Waals surface area contributed by atoms with Gasteiger partial charge in [0.2, 0.25) is 0 Å². The largest absolute Gasteiger partial charge is 0.388 e. The SMILES string of the molecule is COC1C(O)C(C)OC2COC(c3ccccc3)O[C@@H]21.[Ac]. The van der Waals surface area contributed by atoms with Gasteiger partial charge in [-0.15, -0.1) is 0 Å². The standard InChI is InChI=1S/C15H20O5.Ac/c1-9-12(16)14(17-2)13-11(19-9)8-18-15(20-13)10-6-4-3-5-7-10;/h3-7,9,11-16H,8H2,1-2H3;/t9?,11?,12?,13-,14?,15?;/m0./s1. The summed E-state index contributed by atoms with van der Waals surface area (Å²) in [6, 6.07) is 9.74. The minimum atomic E-state index is -0.698. The summed E-state index contributed by atoms with van der Waals surface area (Å²) < 4.78 is 22.8. The van der Waals surface area contributed by atoms with Crippen LogP contribution >= 0.6 is 0 Å². The van der Waals surface area contributed by atoms with Crippen LogP contribution in [0.3, 0.4) is 0 Å². The molecule has 0 bridgehead atoms. The molecule has 5 unspecified atom stereocenters. The molecule has 2 fully saturated rings. The van der Waals surface area contributed by atoms with E-state index in [4.69, 9.17) is 18.9 Å². The summed E-state index contributed by atoms with van der Waals surface area (Å²) in [4.78, 5) is 0. The monoisotopic (exact) mass is 507 g/mol. The molecule has 1 N–H and O–H groups in total. The molecular weight excluding hydrogens is 487 g/mol. The van der Waals surface area contributed by atoms with E-state index in [1.807, 2.05) is 37.3 Å². The molecule has 5 nitrogen and oxygen atoms in total. The van der Waals surface area contributed by atoms with E-state index in [0.29, 0.717) is 6.61 Å². The van der Waals surface area contributed by atoms with Gasteiger partial charge in [0, 0.05) is 56.7 Å². The molecule has 2 heterocycles. The number of fused-ring (bicyclic) bond motifs is 1. The fourth-order valence-corrected chi connectivity index (χ4v) is 2.83. The normalized spacial score (nSPS) is 39.2. The maximum atomic E-state index is 10.2. The molecule has 1 radical (unpaired) electrons. The summed E-state index contributed by atoms with van der Waals surface area (Å²) in [5, 5.41) is 10.2. The van der Waals surface area contributed by atoms with Crippen LogP contribution in [0.25, 0.3) is 0 Å². The molecule has 113 valence electrons. The van der Waals surface area contributed by atoms with Crippen molar-refractivity contribution in [3.05, 3.63) is 35.9 Å². The number of aliphatic hydroxyl groups is 1. The number of benzene rings is 1. The summed E-state index contributed by atoms with van der Waals surface area (Å²) in [5.74, 6) is 0. The van der Waals surface area contributed by atoms with Crippen LogP contribution in [0, 0.1) is 44.1 Å². The van der Waals surface area contributed by atoms with E-state index in [1.165, 1.54) is 0 Å². The Morgan fingerprint density at radius 2 is 1.90 bits per heavy atom. The average Bonchev–Trinajstić information content (AvgIpc) is 2.49. The van der Waals surface area contributed by atoms with E-state index < -0.39 is 18.5 Å². The van der Waals surface area contributed by atoms with Crippen LogP contribution in [-0.2, 0) is 18.9 Å². The van der Waals surface area contributed by atoms with Crippen molar-refractivity contribution in [1.82, 2.24) is 0 Å². The second kappa shape index (κ2) is 7.83. The van der Waals surface area contributed by atoms with Crippen molar-refractivity contribution in [3.8, 4) is 0 Å². The topological polar surface area (TPSA) is 57.2 Å². The van der Waals surface area contributed by atoms with Gasteiger partial charge in [0.15, 0.2) is 6.29 Å². The van der Waals surface area contributed by atoms with E-state index in [2.05, 4.69) is 0 Å². The van der Waals surface area contributed by atoms with E-state index in [9.17, 15) is 5.11 Å². The zero-order chi connectivity index (χ0) is 14.1. The summed E-state index contributed by atoms with van der Waals surface area (Å²) in [7, 11) is 1.58. The summed E-state index contributed by atoms with van der Waals surface area (Å²) in [6.07, 6.45) is -2.38. The average molecular weight is 507 g/mol. The molecular formula is C15H20AcO5. The fraction of sp³-hybridized carbons (Fsp3) is 0.600. The Kier molecular flexibility index (Phi) is 6.64. The van der Waals surface area contributed by atoms with Crippen LogP contribution in [0.5, 0.6) is 0 Å². The predicted molar refractivity (Wildman–Crippen MR) is 71.1 cm³/mol. The van der Waals surface area contributed by atoms with Crippen LogP contribution in [-0.4, -0.2) is 49.3 Å². The molecule has 0 saturated carbocycles. The molecule has 2 aliphatic rings.